The summed E-state index contributed by atoms with van der Waals surface area (Å²) in [6, 6.07) is 14.0. The molecule has 0 N–H and O–H groups in total. The Morgan fingerprint density at radius 1 is 0.333 bits per heavy atom. The predicted octanol–water partition coefficient (Wildman–Crippen LogP) is 17.4. The second kappa shape index (κ2) is 34.5. The van der Waals surface area contributed by atoms with Gasteiger partial charge in [0.15, 0.2) is 0 Å². The van der Waals surface area contributed by atoms with E-state index in [9.17, 15) is 0 Å². The molecule has 0 saturated heterocycles. The van der Waals surface area contributed by atoms with Crippen LogP contribution in [0, 0.1) is 0 Å². The van der Waals surface area contributed by atoms with Crippen molar-refractivity contribution in [2.45, 2.75) is 241 Å². The van der Waals surface area contributed by atoms with E-state index in [1.54, 1.807) is 0 Å². The van der Waals surface area contributed by atoms with Crippen LogP contribution in [0.4, 0.5) is 11.4 Å². The van der Waals surface area contributed by atoms with Gasteiger partial charge < -0.3 is 0 Å². The van der Waals surface area contributed by atoms with Gasteiger partial charge in [-0.05, 0) is 97.9 Å². The molecule has 3 heteroatoms. The fraction of sp³-hybridized carbons (Fsp3) is 0.725. The van der Waals surface area contributed by atoms with Gasteiger partial charge in [0.2, 0.25) is 0 Å². The number of nitrogens with zero attached hydrogens (tertiary/aromatic N) is 2. The summed E-state index contributed by atoms with van der Waals surface area (Å²) in [5.41, 5.74) is 10.7. The average molecular weight is 786 g/mol. The second-order valence-electron chi connectivity index (χ2n) is 16.2. The van der Waals surface area contributed by atoms with Crippen LogP contribution in [0.25, 0.3) is 0 Å². The maximum atomic E-state index is 5.46. The van der Waals surface area contributed by atoms with Crippen molar-refractivity contribution in [3.05, 3.63) is 58.7 Å². The van der Waals surface area contributed by atoms with Gasteiger partial charge in [-0.1, -0.05) is 201 Å². The van der Waals surface area contributed by atoms with Crippen molar-refractivity contribution in [2.75, 3.05) is 0 Å². The standard InChI is InChI=1S/C51H86N2.Ni/c1-7-13-15-16-17-18-19-20-21-22-23-24-25-26-27-28-29-30-31-37-51(53-49-41-39-45(33-10-4)47(43-49)35-12-6)50(36-14-8-2)52-48-40-38-44(32-9-3)46(42-48)34-11-5;/h38-43H,7-37H2,1-6H3;/b52-50+,53-51+;. The molecule has 2 aromatic carbocycles. The number of aliphatic imine (C=N–C) groups is 2. The molecular formula is C51H86N2Ni. The number of hydrogen-bond donors (Lipinski definition) is 0. The summed E-state index contributed by atoms with van der Waals surface area (Å²) in [6.45, 7) is 13.8. The number of rotatable bonds is 34. The van der Waals surface area contributed by atoms with Crippen LogP contribution in [-0.4, -0.2) is 11.4 Å². The molecule has 0 aliphatic heterocycles. The van der Waals surface area contributed by atoms with Crippen LogP contribution in [0.5, 0.6) is 0 Å². The number of benzene rings is 2. The zero-order valence-electron chi connectivity index (χ0n) is 36.6. The van der Waals surface area contributed by atoms with Gasteiger partial charge in [0.05, 0.1) is 22.8 Å². The molecule has 54 heavy (non-hydrogen) atoms. The number of hydrogen-bond acceptors (Lipinski definition) is 2. The van der Waals surface area contributed by atoms with Gasteiger partial charge in [0.25, 0.3) is 0 Å². The van der Waals surface area contributed by atoms with Crippen LogP contribution in [0.15, 0.2) is 46.4 Å². The first-order valence-electron chi connectivity index (χ1n) is 23.5. The first-order valence-corrected chi connectivity index (χ1v) is 23.5. The number of aryl methyl sites for hydroxylation is 4. The largest absolute Gasteiger partial charge is 0.252 e. The Balaban J connectivity index is 0.0000146. The summed E-state index contributed by atoms with van der Waals surface area (Å²) in [7, 11) is 0. The monoisotopic (exact) mass is 785 g/mol. The third kappa shape index (κ3) is 22.7. The molecule has 0 heterocycles. The van der Waals surface area contributed by atoms with Crippen LogP contribution >= 0.6 is 0 Å². The zero-order valence-corrected chi connectivity index (χ0v) is 37.6. The van der Waals surface area contributed by atoms with Crippen molar-refractivity contribution >= 4 is 22.8 Å². The first-order chi connectivity index (χ1) is 26.1. The van der Waals surface area contributed by atoms with Crippen LogP contribution < -0.4 is 0 Å². The van der Waals surface area contributed by atoms with Crippen molar-refractivity contribution in [2.24, 2.45) is 9.98 Å². The van der Waals surface area contributed by atoms with E-state index in [4.69, 9.17) is 9.98 Å². The van der Waals surface area contributed by atoms with E-state index in [0.717, 1.165) is 56.3 Å². The quantitative estimate of drug-likeness (QED) is 0.0384. The maximum Gasteiger partial charge on any atom is 0.0636 e. The van der Waals surface area contributed by atoms with Gasteiger partial charge in [-0.3, -0.25) is 9.98 Å². The van der Waals surface area contributed by atoms with Gasteiger partial charge in [0, 0.05) is 16.5 Å². The normalized spacial score (nSPS) is 12.0. The van der Waals surface area contributed by atoms with Gasteiger partial charge in [-0.2, -0.15) is 0 Å². The SMILES string of the molecule is CCCCCCCCCCCCCCCCCCCCCC(=N\c1ccc(CCC)c(CCC)c1)/C(CCCC)=N/c1ccc(CCC)c(CCC)c1.[Ni]. The Bertz CT molecular complexity index is 1240. The molecule has 2 aromatic rings. The second-order valence-corrected chi connectivity index (χ2v) is 16.2. The van der Waals surface area contributed by atoms with Crippen molar-refractivity contribution in [1.29, 1.82) is 0 Å². The van der Waals surface area contributed by atoms with E-state index < -0.39 is 0 Å². The average Bonchev–Trinajstić information content (AvgIpc) is 3.16. The summed E-state index contributed by atoms with van der Waals surface area (Å²) in [5, 5.41) is 0. The van der Waals surface area contributed by atoms with Crippen molar-refractivity contribution in [3.63, 3.8) is 0 Å². The summed E-state index contributed by atoms with van der Waals surface area (Å²) < 4.78 is 0. The number of unbranched alkanes of at least 4 members (excludes halogenated alkanes) is 19. The van der Waals surface area contributed by atoms with Crippen LogP contribution in [0.2, 0.25) is 0 Å². The third-order valence-corrected chi connectivity index (χ3v) is 11.1. The summed E-state index contributed by atoms with van der Waals surface area (Å²) in [5.74, 6) is 0. The summed E-state index contributed by atoms with van der Waals surface area (Å²) in [4.78, 5) is 10.9. The third-order valence-electron chi connectivity index (χ3n) is 11.1. The Morgan fingerprint density at radius 2 is 0.630 bits per heavy atom. The molecule has 0 amide bonds. The summed E-state index contributed by atoms with van der Waals surface area (Å²) >= 11 is 0. The minimum absolute atomic E-state index is 0. The molecule has 0 unspecified atom stereocenters. The van der Waals surface area contributed by atoms with Crippen LogP contribution in [-0.2, 0) is 42.2 Å². The van der Waals surface area contributed by atoms with Gasteiger partial charge in [-0.15, -0.1) is 0 Å². The first kappa shape index (κ1) is 50.3. The van der Waals surface area contributed by atoms with Crippen molar-refractivity contribution < 1.29 is 16.5 Å². The van der Waals surface area contributed by atoms with Crippen LogP contribution in [0.1, 0.15) is 237 Å². The Kier molecular flexibility index (Phi) is 32.1. The molecule has 0 aliphatic rings. The molecule has 0 aliphatic carbocycles. The van der Waals surface area contributed by atoms with E-state index in [-0.39, 0.29) is 16.5 Å². The molecule has 0 atom stereocenters. The van der Waals surface area contributed by atoms with Gasteiger partial charge in [-0.25, -0.2) is 0 Å². The van der Waals surface area contributed by atoms with Gasteiger partial charge in [0.1, 0.15) is 0 Å². The smallest absolute Gasteiger partial charge is 0.0636 e. The van der Waals surface area contributed by atoms with Gasteiger partial charge >= 0.3 is 0 Å². The fourth-order valence-electron chi connectivity index (χ4n) is 7.95. The Labute approximate surface area is 347 Å². The van der Waals surface area contributed by atoms with E-state index in [2.05, 4.69) is 77.9 Å². The van der Waals surface area contributed by atoms with E-state index >= 15 is 0 Å². The molecule has 0 radical (unpaired) electrons. The predicted molar refractivity (Wildman–Crippen MR) is 241 cm³/mol. The summed E-state index contributed by atoms with van der Waals surface area (Å²) in [6.07, 6.45) is 40.5. The Morgan fingerprint density at radius 3 is 0.963 bits per heavy atom. The van der Waals surface area contributed by atoms with Crippen LogP contribution in [0.3, 0.4) is 0 Å². The molecule has 2 rings (SSSR count). The topological polar surface area (TPSA) is 24.7 Å². The minimum atomic E-state index is 0. The molecule has 0 bridgehead atoms. The minimum Gasteiger partial charge on any atom is -0.252 e. The Hall–Kier alpha value is -1.73. The van der Waals surface area contributed by atoms with E-state index in [0.29, 0.717) is 0 Å². The van der Waals surface area contributed by atoms with Crippen molar-refractivity contribution in [1.82, 2.24) is 0 Å². The fourth-order valence-corrected chi connectivity index (χ4v) is 7.95. The zero-order chi connectivity index (χ0) is 38.2. The molecule has 0 aromatic heterocycles. The molecule has 0 spiro atoms. The molecule has 2 nitrogen and oxygen atoms in total. The molecule has 0 fully saturated rings. The molecule has 310 valence electrons. The maximum absolute atomic E-state index is 5.46. The van der Waals surface area contributed by atoms with E-state index in [1.165, 1.54) is 188 Å². The van der Waals surface area contributed by atoms with Crippen molar-refractivity contribution in [3.8, 4) is 0 Å². The molecular weight excluding hydrogens is 699 g/mol. The molecule has 0 saturated carbocycles. The van der Waals surface area contributed by atoms with E-state index in [1.807, 2.05) is 0 Å².